The highest BCUT2D eigenvalue weighted by molar-refractivity contribution is 5.44. The van der Waals surface area contributed by atoms with E-state index in [1.807, 2.05) is 12.1 Å². The van der Waals surface area contributed by atoms with Crippen LogP contribution in [0.4, 0.5) is 5.82 Å². The van der Waals surface area contributed by atoms with Crippen molar-refractivity contribution in [3.63, 3.8) is 0 Å². The minimum Gasteiger partial charge on any atom is -0.355 e. The summed E-state index contributed by atoms with van der Waals surface area (Å²) in [4.78, 5) is 2.33. The molecule has 1 aliphatic rings. The molecule has 0 atom stereocenters. The topological polar surface area (TPSA) is 59.2 Å². The SMILES string of the molecule is c1cc2nnnn2nc1N1CCCCCCC1. The van der Waals surface area contributed by atoms with E-state index in [-0.39, 0.29) is 0 Å². The largest absolute Gasteiger partial charge is 0.355 e. The molecule has 0 saturated carbocycles. The number of fused-ring (bicyclic) bond motifs is 1. The molecule has 6 nitrogen and oxygen atoms in total. The molecule has 2 aromatic heterocycles. The van der Waals surface area contributed by atoms with Gasteiger partial charge in [0.2, 0.25) is 0 Å². The van der Waals surface area contributed by atoms with Crippen LogP contribution in [0.3, 0.4) is 0 Å². The summed E-state index contributed by atoms with van der Waals surface area (Å²) in [5.74, 6) is 0.978. The second-order valence-corrected chi connectivity index (χ2v) is 4.47. The molecule has 2 aromatic rings. The van der Waals surface area contributed by atoms with Crippen LogP contribution in [-0.2, 0) is 0 Å². The van der Waals surface area contributed by atoms with Crippen molar-refractivity contribution in [3.05, 3.63) is 12.1 Å². The maximum atomic E-state index is 4.44. The van der Waals surface area contributed by atoms with Crippen LogP contribution in [0.15, 0.2) is 12.1 Å². The van der Waals surface area contributed by atoms with Crippen molar-refractivity contribution in [1.82, 2.24) is 25.3 Å². The first-order chi connectivity index (χ1) is 8.43. The minimum atomic E-state index is 0.695. The predicted molar refractivity (Wildman–Crippen MR) is 63.9 cm³/mol. The molecule has 0 bridgehead atoms. The number of aromatic nitrogens is 5. The summed E-state index contributed by atoms with van der Waals surface area (Å²) in [6.07, 6.45) is 6.51. The Morgan fingerprint density at radius 3 is 2.53 bits per heavy atom. The van der Waals surface area contributed by atoms with Crippen molar-refractivity contribution in [2.45, 2.75) is 32.1 Å². The molecule has 90 valence electrons. The van der Waals surface area contributed by atoms with Gasteiger partial charge in [0.25, 0.3) is 0 Å². The molecular formula is C11H16N6. The Morgan fingerprint density at radius 1 is 0.941 bits per heavy atom. The second-order valence-electron chi connectivity index (χ2n) is 4.47. The third-order valence-corrected chi connectivity index (χ3v) is 3.24. The molecule has 3 rings (SSSR count). The van der Waals surface area contributed by atoms with Gasteiger partial charge in [-0.05, 0) is 35.4 Å². The zero-order chi connectivity index (χ0) is 11.5. The summed E-state index contributed by atoms with van der Waals surface area (Å²) in [5.41, 5.74) is 0.695. The quantitative estimate of drug-likeness (QED) is 0.741. The number of nitrogens with zero attached hydrogens (tertiary/aromatic N) is 6. The van der Waals surface area contributed by atoms with Crippen molar-refractivity contribution in [3.8, 4) is 0 Å². The van der Waals surface area contributed by atoms with E-state index in [1.165, 1.54) is 36.7 Å². The summed E-state index contributed by atoms with van der Waals surface area (Å²) >= 11 is 0. The zero-order valence-corrected chi connectivity index (χ0v) is 9.79. The third kappa shape index (κ3) is 2.20. The van der Waals surface area contributed by atoms with Gasteiger partial charge in [0.05, 0.1) is 0 Å². The van der Waals surface area contributed by atoms with Gasteiger partial charge in [0.15, 0.2) is 11.5 Å². The number of tetrazole rings is 1. The molecule has 0 aromatic carbocycles. The fourth-order valence-electron chi connectivity index (χ4n) is 2.29. The van der Waals surface area contributed by atoms with Gasteiger partial charge in [-0.1, -0.05) is 19.3 Å². The number of anilines is 1. The molecular weight excluding hydrogens is 216 g/mol. The maximum Gasteiger partial charge on any atom is 0.200 e. The third-order valence-electron chi connectivity index (χ3n) is 3.24. The highest BCUT2D eigenvalue weighted by atomic mass is 15.6. The Labute approximate surface area is 99.6 Å². The van der Waals surface area contributed by atoms with E-state index >= 15 is 0 Å². The first kappa shape index (κ1) is 10.4. The average molecular weight is 232 g/mol. The van der Waals surface area contributed by atoms with E-state index in [4.69, 9.17) is 0 Å². The van der Waals surface area contributed by atoms with Crippen molar-refractivity contribution in [1.29, 1.82) is 0 Å². The Morgan fingerprint density at radius 2 is 1.71 bits per heavy atom. The molecule has 1 fully saturated rings. The lowest BCUT2D eigenvalue weighted by atomic mass is 10.1. The van der Waals surface area contributed by atoms with Crippen LogP contribution in [-0.4, -0.2) is 38.3 Å². The lowest BCUT2D eigenvalue weighted by Crippen LogP contribution is -2.28. The summed E-state index contributed by atoms with van der Waals surface area (Å²) in [6, 6.07) is 3.92. The van der Waals surface area contributed by atoms with Gasteiger partial charge in [-0.25, -0.2) is 0 Å². The van der Waals surface area contributed by atoms with Gasteiger partial charge in [0.1, 0.15) is 0 Å². The summed E-state index contributed by atoms with van der Waals surface area (Å²) < 4.78 is 1.49. The molecule has 3 heterocycles. The Kier molecular flexibility index (Phi) is 2.85. The van der Waals surface area contributed by atoms with Gasteiger partial charge in [-0.15, -0.1) is 14.8 Å². The fourth-order valence-corrected chi connectivity index (χ4v) is 2.29. The van der Waals surface area contributed by atoms with Gasteiger partial charge in [-0.2, -0.15) is 0 Å². The maximum absolute atomic E-state index is 4.44. The Balaban J connectivity index is 1.84. The number of hydrogen-bond acceptors (Lipinski definition) is 5. The Bertz CT molecular complexity index is 485. The van der Waals surface area contributed by atoms with Gasteiger partial charge >= 0.3 is 0 Å². The van der Waals surface area contributed by atoms with Crippen LogP contribution in [0.2, 0.25) is 0 Å². The minimum absolute atomic E-state index is 0.695. The summed E-state index contributed by atoms with van der Waals surface area (Å²) in [5, 5.41) is 15.7. The van der Waals surface area contributed by atoms with Crippen LogP contribution in [0, 0.1) is 0 Å². The van der Waals surface area contributed by atoms with Crippen molar-refractivity contribution >= 4 is 11.5 Å². The lowest BCUT2D eigenvalue weighted by molar-refractivity contribution is 0.550. The Hall–Kier alpha value is -1.72. The van der Waals surface area contributed by atoms with Gasteiger partial charge < -0.3 is 4.90 Å². The highest BCUT2D eigenvalue weighted by Gasteiger charge is 2.11. The van der Waals surface area contributed by atoms with E-state index in [0.29, 0.717) is 5.65 Å². The van der Waals surface area contributed by atoms with Crippen LogP contribution in [0.25, 0.3) is 5.65 Å². The molecule has 1 saturated heterocycles. The first-order valence-corrected chi connectivity index (χ1v) is 6.24. The van der Waals surface area contributed by atoms with E-state index in [9.17, 15) is 0 Å². The highest BCUT2D eigenvalue weighted by Crippen LogP contribution is 2.16. The summed E-state index contributed by atoms with van der Waals surface area (Å²) in [7, 11) is 0. The smallest absolute Gasteiger partial charge is 0.200 e. The molecule has 1 aliphatic heterocycles. The van der Waals surface area contributed by atoms with Gasteiger partial charge in [-0.3, -0.25) is 0 Å². The zero-order valence-electron chi connectivity index (χ0n) is 9.79. The first-order valence-electron chi connectivity index (χ1n) is 6.24. The summed E-state index contributed by atoms with van der Waals surface area (Å²) in [6.45, 7) is 2.17. The standard InChI is InChI=1S/C11H16N6/c1-2-4-8-16(9-5-3-1)11-7-6-10-12-14-15-17(10)13-11/h6-7H,1-5,8-9H2. The van der Waals surface area contributed by atoms with Crippen molar-refractivity contribution in [2.24, 2.45) is 0 Å². The fraction of sp³-hybridized carbons (Fsp3) is 0.636. The lowest BCUT2D eigenvalue weighted by Gasteiger charge is -2.25. The normalized spacial score (nSPS) is 18.0. The van der Waals surface area contributed by atoms with E-state index < -0.39 is 0 Å². The van der Waals surface area contributed by atoms with E-state index in [1.54, 1.807) is 0 Å². The molecule has 0 aliphatic carbocycles. The molecule has 0 radical (unpaired) electrons. The van der Waals surface area contributed by atoms with E-state index in [0.717, 1.165) is 18.9 Å². The predicted octanol–water partition coefficient (Wildman–Crippen LogP) is 1.29. The van der Waals surface area contributed by atoms with Crippen LogP contribution in [0.1, 0.15) is 32.1 Å². The van der Waals surface area contributed by atoms with Crippen LogP contribution < -0.4 is 4.90 Å². The van der Waals surface area contributed by atoms with Crippen LogP contribution in [0.5, 0.6) is 0 Å². The molecule has 0 amide bonds. The second kappa shape index (κ2) is 4.65. The molecule has 17 heavy (non-hydrogen) atoms. The average Bonchev–Trinajstić information content (AvgIpc) is 2.75. The van der Waals surface area contributed by atoms with Crippen molar-refractivity contribution in [2.75, 3.05) is 18.0 Å². The molecule has 0 spiro atoms. The number of rotatable bonds is 1. The van der Waals surface area contributed by atoms with Gasteiger partial charge in [0, 0.05) is 13.1 Å². The van der Waals surface area contributed by atoms with Crippen molar-refractivity contribution < 1.29 is 0 Å². The molecule has 6 heteroatoms. The number of hydrogen-bond donors (Lipinski definition) is 0. The van der Waals surface area contributed by atoms with E-state index in [2.05, 4.69) is 25.5 Å². The monoisotopic (exact) mass is 232 g/mol. The molecule has 0 N–H and O–H groups in total. The van der Waals surface area contributed by atoms with Crippen LogP contribution >= 0.6 is 0 Å². The molecule has 0 unspecified atom stereocenters.